The van der Waals surface area contributed by atoms with Crippen molar-refractivity contribution >= 4 is 11.8 Å². The fourth-order valence-electron chi connectivity index (χ4n) is 1.31. The van der Waals surface area contributed by atoms with Crippen molar-refractivity contribution in [1.82, 2.24) is 5.32 Å². The predicted octanol–water partition coefficient (Wildman–Crippen LogP) is 2.01. The van der Waals surface area contributed by atoms with E-state index < -0.39 is 0 Å². The third-order valence-corrected chi connectivity index (χ3v) is 1.85. The first-order valence-electron chi connectivity index (χ1n) is 4.91. The van der Waals surface area contributed by atoms with E-state index in [4.69, 9.17) is 0 Å². The molecule has 0 atom stereocenters. The number of imide groups is 1. The van der Waals surface area contributed by atoms with E-state index in [-0.39, 0.29) is 11.8 Å². The quantitative estimate of drug-likeness (QED) is 0.627. The van der Waals surface area contributed by atoms with Crippen LogP contribution in [0.2, 0.25) is 0 Å². The maximum atomic E-state index is 9.92. The molecule has 0 radical (unpaired) electrons. The van der Waals surface area contributed by atoms with Crippen LogP contribution < -0.4 is 5.32 Å². The first kappa shape index (κ1) is 12.1. The van der Waals surface area contributed by atoms with Gasteiger partial charge in [0.05, 0.1) is 0 Å². The standard InChI is InChI=1S/C6H12.C4H7NO2/c1-2-4-6-5-3-1;1-3(6)5-4(2)7/h1-6H2;1-2H3,(H,5,6,7). The predicted molar refractivity (Wildman–Crippen MR) is 52.2 cm³/mol. The van der Waals surface area contributed by atoms with E-state index in [2.05, 4.69) is 0 Å². The average molecular weight is 185 g/mol. The summed E-state index contributed by atoms with van der Waals surface area (Å²) in [5.41, 5.74) is 0. The van der Waals surface area contributed by atoms with Gasteiger partial charge in [-0.05, 0) is 0 Å². The van der Waals surface area contributed by atoms with Gasteiger partial charge in [-0.2, -0.15) is 0 Å². The molecule has 0 bridgehead atoms. The minimum absolute atomic E-state index is 0.312. The van der Waals surface area contributed by atoms with Gasteiger partial charge >= 0.3 is 0 Å². The Morgan fingerprint density at radius 3 is 1.08 bits per heavy atom. The normalized spacial score (nSPS) is 15.2. The van der Waals surface area contributed by atoms with Crippen molar-refractivity contribution < 1.29 is 9.59 Å². The maximum absolute atomic E-state index is 9.92. The van der Waals surface area contributed by atoms with Crippen LogP contribution in [0.15, 0.2) is 0 Å². The van der Waals surface area contributed by atoms with Crippen molar-refractivity contribution in [3.05, 3.63) is 0 Å². The van der Waals surface area contributed by atoms with Gasteiger partial charge in [-0.3, -0.25) is 14.9 Å². The van der Waals surface area contributed by atoms with E-state index >= 15 is 0 Å². The Morgan fingerprint density at radius 2 is 1.00 bits per heavy atom. The summed E-state index contributed by atoms with van der Waals surface area (Å²) in [4.78, 5) is 19.8. The van der Waals surface area contributed by atoms with Gasteiger partial charge in [-0.1, -0.05) is 38.5 Å². The zero-order chi connectivity index (χ0) is 10.1. The van der Waals surface area contributed by atoms with Crippen LogP contribution in [-0.2, 0) is 9.59 Å². The lowest BCUT2D eigenvalue weighted by atomic mass is 10.0. The number of rotatable bonds is 0. The van der Waals surface area contributed by atoms with Crippen molar-refractivity contribution in [2.75, 3.05) is 0 Å². The first-order valence-corrected chi connectivity index (χ1v) is 4.91. The Bertz CT molecular complexity index is 139. The Morgan fingerprint density at radius 1 is 0.769 bits per heavy atom. The topological polar surface area (TPSA) is 46.2 Å². The smallest absolute Gasteiger partial charge is 0.223 e. The molecular weight excluding hydrogens is 166 g/mol. The van der Waals surface area contributed by atoms with Gasteiger partial charge in [-0.25, -0.2) is 0 Å². The molecule has 0 aromatic heterocycles. The fourth-order valence-corrected chi connectivity index (χ4v) is 1.31. The van der Waals surface area contributed by atoms with Crippen molar-refractivity contribution in [3.63, 3.8) is 0 Å². The molecule has 0 heterocycles. The van der Waals surface area contributed by atoms with Crippen LogP contribution in [0.5, 0.6) is 0 Å². The zero-order valence-electron chi connectivity index (χ0n) is 8.56. The molecule has 1 saturated carbocycles. The second-order valence-corrected chi connectivity index (χ2v) is 3.36. The Hall–Kier alpha value is -0.860. The molecule has 3 nitrogen and oxygen atoms in total. The minimum atomic E-state index is -0.312. The maximum Gasteiger partial charge on any atom is 0.223 e. The summed E-state index contributed by atoms with van der Waals surface area (Å²) in [6, 6.07) is 0. The highest BCUT2D eigenvalue weighted by Crippen LogP contribution is 2.15. The molecule has 76 valence electrons. The largest absolute Gasteiger partial charge is 0.297 e. The number of carbonyl (C=O) groups excluding carboxylic acids is 2. The van der Waals surface area contributed by atoms with Gasteiger partial charge in [-0.15, -0.1) is 0 Å². The van der Waals surface area contributed by atoms with Crippen LogP contribution in [0.25, 0.3) is 0 Å². The highest BCUT2D eigenvalue weighted by Gasteiger charge is 1.95. The summed E-state index contributed by atoms with van der Waals surface area (Å²) < 4.78 is 0. The molecule has 3 heteroatoms. The molecule has 0 aromatic rings. The minimum Gasteiger partial charge on any atom is -0.297 e. The number of hydrogen-bond acceptors (Lipinski definition) is 2. The lowest BCUT2D eigenvalue weighted by Gasteiger charge is -2.05. The van der Waals surface area contributed by atoms with E-state index in [1.54, 1.807) is 0 Å². The van der Waals surface area contributed by atoms with Crippen LogP contribution in [0.3, 0.4) is 0 Å². The van der Waals surface area contributed by atoms with Crippen molar-refractivity contribution in [2.45, 2.75) is 52.4 Å². The van der Waals surface area contributed by atoms with Crippen LogP contribution in [0, 0.1) is 0 Å². The summed E-state index contributed by atoms with van der Waals surface area (Å²) in [6.07, 6.45) is 9.00. The summed E-state index contributed by atoms with van der Waals surface area (Å²) in [6.45, 7) is 2.59. The van der Waals surface area contributed by atoms with Gasteiger partial charge in [0.25, 0.3) is 0 Å². The molecule has 0 aromatic carbocycles. The van der Waals surface area contributed by atoms with Gasteiger partial charge in [0.2, 0.25) is 11.8 Å². The Balaban J connectivity index is 0.000000223. The molecule has 0 unspecified atom stereocenters. The first-order chi connectivity index (χ1) is 6.13. The molecule has 1 N–H and O–H groups in total. The third kappa shape index (κ3) is 11.1. The molecule has 1 fully saturated rings. The monoisotopic (exact) mass is 185 g/mol. The average Bonchev–Trinajstić information content (AvgIpc) is 2.06. The van der Waals surface area contributed by atoms with Crippen molar-refractivity contribution in [3.8, 4) is 0 Å². The van der Waals surface area contributed by atoms with Crippen LogP contribution in [0.4, 0.5) is 0 Å². The highest BCUT2D eigenvalue weighted by atomic mass is 16.2. The van der Waals surface area contributed by atoms with E-state index in [0.29, 0.717) is 0 Å². The lowest BCUT2D eigenvalue weighted by Crippen LogP contribution is -2.24. The Labute approximate surface area is 79.9 Å². The van der Waals surface area contributed by atoms with Gasteiger partial charge in [0.15, 0.2) is 0 Å². The number of amides is 2. The number of nitrogens with one attached hydrogen (secondary N) is 1. The van der Waals surface area contributed by atoms with E-state index in [9.17, 15) is 9.59 Å². The number of carbonyl (C=O) groups is 2. The van der Waals surface area contributed by atoms with Crippen molar-refractivity contribution in [2.24, 2.45) is 0 Å². The van der Waals surface area contributed by atoms with Crippen LogP contribution in [-0.4, -0.2) is 11.8 Å². The molecule has 1 rings (SSSR count). The second-order valence-electron chi connectivity index (χ2n) is 3.36. The zero-order valence-corrected chi connectivity index (χ0v) is 8.56. The van der Waals surface area contributed by atoms with Gasteiger partial charge < -0.3 is 0 Å². The molecular formula is C10H19NO2. The molecule has 0 saturated heterocycles. The SMILES string of the molecule is C1CCCCC1.CC(=O)NC(C)=O. The van der Waals surface area contributed by atoms with Crippen LogP contribution >= 0.6 is 0 Å². The van der Waals surface area contributed by atoms with E-state index in [1.165, 1.54) is 52.4 Å². The highest BCUT2D eigenvalue weighted by molar-refractivity contribution is 5.92. The van der Waals surface area contributed by atoms with E-state index in [1.807, 2.05) is 5.32 Å². The molecule has 1 aliphatic rings. The summed E-state index contributed by atoms with van der Waals surface area (Å²) in [5.74, 6) is -0.625. The second kappa shape index (κ2) is 7.77. The molecule has 0 aliphatic heterocycles. The van der Waals surface area contributed by atoms with Gasteiger partial charge in [0.1, 0.15) is 0 Å². The molecule has 0 spiro atoms. The molecule has 13 heavy (non-hydrogen) atoms. The van der Waals surface area contributed by atoms with E-state index in [0.717, 1.165) is 0 Å². The summed E-state index contributed by atoms with van der Waals surface area (Å²) in [7, 11) is 0. The Kier molecular flexibility index (Phi) is 7.26. The summed E-state index contributed by atoms with van der Waals surface area (Å²) in [5, 5.41) is 2.03. The van der Waals surface area contributed by atoms with Crippen molar-refractivity contribution in [1.29, 1.82) is 0 Å². The number of hydrogen-bond donors (Lipinski definition) is 1. The lowest BCUT2D eigenvalue weighted by molar-refractivity contribution is -0.127. The summed E-state index contributed by atoms with van der Waals surface area (Å²) >= 11 is 0. The third-order valence-electron chi connectivity index (χ3n) is 1.85. The fraction of sp³-hybridized carbons (Fsp3) is 0.800. The van der Waals surface area contributed by atoms with Gasteiger partial charge in [0, 0.05) is 13.8 Å². The molecule has 2 amide bonds. The molecule has 1 aliphatic carbocycles. The van der Waals surface area contributed by atoms with Crippen LogP contribution in [0.1, 0.15) is 52.4 Å².